The molecule has 0 bridgehead atoms. The van der Waals surface area contributed by atoms with Crippen LogP contribution in [0.3, 0.4) is 0 Å². The Morgan fingerprint density at radius 1 is 1.00 bits per heavy atom. The average Bonchev–Trinajstić information content (AvgIpc) is 3.43. The van der Waals surface area contributed by atoms with Crippen LogP contribution in [-0.4, -0.2) is 86.2 Å². The van der Waals surface area contributed by atoms with Gasteiger partial charge in [-0.05, 0) is 38.5 Å². The lowest BCUT2D eigenvalue weighted by molar-refractivity contribution is -0.0434. The lowest BCUT2D eigenvalue weighted by Gasteiger charge is -2.49. The number of ether oxygens (including phenoxy) is 2. The van der Waals surface area contributed by atoms with E-state index in [2.05, 4.69) is 69.6 Å². The molecule has 2 fully saturated rings. The Kier molecular flexibility index (Phi) is 5.63. The van der Waals surface area contributed by atoms with Crippen LogP contribution < -0.4 is 4.74 Å². The van der Waals surface area contributed by atoms with Crippen LogP contribution in [0.15, 0.2) is 30.7 Å². The zero-order chi connectivity index (χ0) is 23.2. The fourth-order valence-corrected chi connectivity index (χ4v) is 5.27. The first-order chi connectivity index (χ1) is 16.6. The van der Waals surface area contributed by atoms with Crippen molar-refractivity contribution in [1.82, 2.24) is 34.1 Å². The summed E-state index contributed by atoms with van der Waals surface area (Å²) >= 11 is 0. The summed E-state index contributed by atoms with van der Waals surface area (Å²) in [5.74, 6) is 2.64. The van der Waals surface area contributed by atoms with Gasteiger partial charge >= 0.3 is 0 Å². The van der Waals surface area contributed by atoms with Crippen molar-refractivity contribution in [2.45, 2.75) is 45.4 Å². The highest BCUT2D eigenvalue weighted by Crippen LogP contribution is 2.37. The van der Waals surface area contributed by atoms with Crippen molar-refractivity contribution >= 4 is 0 Å². The van der Waals surface area contributed by atoms with Gasteiger partial charge in [-0.3, -0.25) is 9.80 Å². The van der Waals surface area contributed by atoms with Gasteiger partial charge in [0.05, 0.1) is 25.3 Å². The molecule has 1 atom stereocenters. The molecule has 180 valence electrons. The quantitative estimate of drug-likeness (QED) is 0.576. The van der Waals surface area contributed by atoms with Gasteiger partial charge in [0.1, 0.15) is 30.2 Å². The number of fused-ring (bicyclic) bond motifs is 3. The third kappa shape index (κ3) is 3.81. The molecule has 3 aliphatic rings. The summed E-state index contributed by atoms with van der Waals surface area (Å²) in [6, 6.07) is 7.85. The van der Waals surface area contributed by atoms with Crippen molar-refractivity contribution in [2.75, 3.05) is 46.0 Å². The standard InChI is InChI=1S/C25H33N7O2/c1-17(2)32-25(26-16-27-32)22-15-30-8-11-34-23-12-19(4-5-21(23)24(30)28-22)18(3)31-13-20(14-31)29-6-9-33-10-7-29/h4-5,12,15-18,20H,6-11,13-14H2,1-3H3. The normalized spacial score (nSPS) is 20.4. The van der Waals surface area contributed by atoms with Gasteiger partial charge in [0.2, 0.25) is 0 Å². The number of hydrogen-bond acceptors (Lipinski definition) is 7. The fraction of sp³-hybridized carbons (Fsp3) is 0.560. The molecule has 0 aliphatic carbocycles. The maximum absolute atomic E-state index is 6.19. The largest absolute Gasteiger partial charge is 0.491 e. The Labute approximate surface area is 200 Å². The molecule has 0 N–H and O–H groups in total. The van der Waals surface area contributed by atoms with Gasteiger partial charge in [-0.15, -0.1) is 0 Å². The van der Waals surface area contributed by atoms with Gasteiger partial charge in [-0.2, -0.15) is 5.10 Å². The van der Waals surface area contributed by atoms with Gasteiger partial charge in [-0.1, -0.05) is 6.07 Å². The van der Waals surface area contributed by atoms with Crippen molar-refractivity contribution in [1.29, 1.82) is 0 Å². The molecular formula is C25H33N7O2. The van der Waals surface area contributed by atoms with Crippen molar-refractivity contribution in [3.63, 3.8) is 0 Å². The molecule has 1 unspecified atom stereocenters. The highest BCUT2D eigenvalue weighted by Gasteiger charge is 2.35. The number of aromatic nitrogens is 5. The lowest BCUT2D eigenvalue weighted by Crippen LogP contribution is -2.61. The van der Waals surface area contributed by atoms with E-state index in [9.17, 15) is 0 Å². The van der Waals surface area contributed by atoms with Gasteiger partial charge < -0.3 is 14.0 Å². The molecule has 1 aromatic carbocycles. The Hall–Kier alpha value is -2.75. The van der Waals surface area contributed by atoms with E-state index in [1.165, 1.54) is 5.56 Å². The summed E-state index contributed by atoms with van der Waals surface area (Å²) in [4.78, 5) is 14.6. The molecular weight excluding hydrogens is 430 g/mol. The number of imidazole rings is 1. The van der Waals surface area contributed by atoms with E-state index in [0.717, 1.165) is 74.6 Å². The van der Waals surface area contributed by atoms with Crippen LogP contribution in [0.4, 0.5) is 0 Å². The summed E-state index contributed by atoms with van der Waals surface area (Å²) in [7, 11) is 0. The summed E-state index contributed by atoms with van der Waals surface area (Å²) in [6.45, 7) is 13.9. The van der Waals surface area contributed by atoms with Crippen molar-refractivity contribution in [3.05, 3.63) is 36.3 Å². The number of morpholine rings is 1. The summed E-state index contributed by atoms with van der Waals surface area (Å²) < 4.78 is 15.8. The second kappa shape index (κ2) is 8.79. The second-order valence-corrected chi connectivity index (χ2v) is 9.80. The molecule has 6 rings (SSSR count). The topological polar surface area (TPSA) is 73.5 Å². The minimum Gasteiger partial charge on any atom is -0.491 e. The maximum atomic E-state index is 6.19. The number of likely N-dealkylation sites (tertiary alicyclic amines) is 1. The van der Waals surface area contributed by atoms with E-state index in [0.29, 0.717) is 18.7 Å². The van der Waals surface area contributed by atoms with Crippen LogP contribution in [-0.2, 0) is 11.3 Å². The highest BCUT2D eigenvalue weighted by molar-refractivity contribution is 5.69. The summed E-state index contributed by atoms with van der Waals surface area (Å²) in [6.07, 6.45) is 3.67. The molecule has 9 nitrogen and oxygen atoms in total. The molecule has 2 saturated heterocycles. The molecule has 5 heterocycles. The smallest absolute Gasteiger partial charge is 0.178 e. The molecule has 0 radical (unpaired) electrons. The molecule has 0 spiro atoms. The van der Waals surface area contributed by atoms with E-state index in [-0.39, 0.29) is 6.04 Å². The summed E-state index contributed by atoms with van der Waals surface area (Å²) in [5, 5.41) is 4.37. The molecule has 2 aromatic heterocycles. The Balaban J connectivity index is 1.22. The maximum Gasteiger partial charge on any atom is 0.178 e. The predicted molar refractivity (Wildman–Crippen MR) is 129 cm³/mol. The molecule has 3 aliphatic heterocycles. The first-order valence-electron chi connectivity index (χ1n) is 12.4. The van der Waals surface area contributed by atoms with E-state index in [1.807, 2.05) is 4.68 Å². The monoisotopic (exact) mass is 463 g/mol. The second-order valence-electron chi connectivity index (χ2n) is 9.80. The van der Waals surface area contributed by atoms with Crippen LogP contribution in [0.5, 0.6) is 5.75 Å². The number of rotatable bonds is 5. The number of benzene rings is 1. The zero-order valence-corrected chi connectivity index (χ0v) is 20.2. The third-order valence-electron chi connectivity index (χ3n) is 7.39. The van der Waals surface area contributed by atoms with Gasteiger partial charge in [-0.25, -0.2) is 14.6 Å². The van der Waals surface area contributed by atoms with Gasteiger partial charge in [0.15, 0.2) is 5.82 Å². The van der Waals surface area contributed by atoms with E-state index in [4.69, 9.17) is 14.5 Å². The van der Waals surface area contributed by atoms with E-state index >= 15 is 0 Å². The van der Waals surface area contributed by atoms with Crippen LogP contribution in [0, 0.1) is 0 Å². The Bertz CT molecular complexity index is 1160. The fourth-order valence-electron chi connectivity index (χ4n) is 5.27. The summed E-state index contributed by atoms with van der Waals surface area (Å²) in [5.41, 5.74) is 3.17. The lowest BCUT2D eigenvalue weighted by atomic mass is 9.98. The Morgan fingerprint density at radius 3 is 2.62 bits per heavy atom. The minimum atomic E-state index is 0.225. The molecule has 34 heavy (non-hydrogen) atoms. The van der Waals surface area contributed by atoms with Crippen molar-refractivity contribution in [2.24, 2.45) is 0 Å². The predicted octanol–water partition coefficient (Wildman–Crippen LogP) is 2.86. The van der Waals surface area contributed by atoms with Crippen LogP contribution >= 0.6 is 0 Å². The minimum absolute atomic E-state index is 0.225. The Morgan fingerprint density at radius 2 is 1.82 bits per heavy atom. The number of nitrogens with zero attached hydrogens (tertiary/aromatic N) is 7. The SMILES string of the molecule is CC(c1ccc2c(c1)OCCn1cc(-c3ncnn3C(C)C)nc1-2)N1CC(N2CCOCC2)C1. The van der Waals surface area contributed by atoms with E-state index in [1.54, 1.807) is 6.33 Å². The highest BCUT2D eigenvalue weighted by atomic mass is 16.5. The van der Waals surface area contributed by atoms with E-state index < -0.39 is 0 Å². The third-order valence-corrected chi connectivity index (χ3v) is 7.39. The van der Waals surface area contributed by atoms with Gasteiger partial charge in [0.25, 0.3) is 0 Å². The average molecular weight is 464 g/mol. The van der Waals surface area contributed by atoms with Crippen molar-refractivity contribution < 1.29 is 9.47 Å². The first-order valence-corrected chi connectivity index (χ1v) is 12.4. The first kappa shape index (κ1) is 21.8. The van der Waals surface area contributed by atoms with Crippen LogP contribution in [0.1, 0.15) is 38.4 Å². The van der Waals surface area contributed by atoms with Crippen LogP contribution in [0.25, 0.3) is 22.9 Å². The molecule has 0 amide bonds. The van der Waals surface area contributed by atoms with Gasteiger partial charge in [0, 0.05) is 50.5 Å². The zero-order valence-electron chi connectivity index (χ0n) is 20.2. The molecule has 3 aromatic rings. The van der Waals surface area contributed by atoms with Crippen LogP contribution in [0.2, 0.25) is 0 Å². The van der Waals surface area contributed by atoms with Crippen molar-refractivity contribution in [3.8, 4) is 28.7 Å². The number of hydrogen-bond donors (Lipinski definition) is 0. The molecule has 0 saturated carbocycles. The molecule has 9 heteroatoms.